The molecule has 2 N–H and O–H groups in total. The molecule has 0 atom stereocenters. The molecule has 1 aromatic heterocycles. The third kappa shape index (κ3) is 5.46. The minimum Gasteiger partial charge on any atom is -0.451 e. The molecule has 0 spiro atoms. The lowest BCUT2D eigenvalue weighted by Gasteiger charge is -2.10. The van der Waals surface area contributed by atoms with Gasteiger partial charge < -0.3 is 19.9 Å². The summed E-state index contributed by atoms with van der Waals surface area (Å²) in [6.07, 6.45) is 1.70. The fourth-order valence-corrected chi connectivity index (χ4v) is 2.55. The van der Waals surface area contributed by atoms with Crippen molar-refractivity contribution in [1.29, 1.82) is 0 Å². The van der Waals surface area contributed by atoms with E-state index in [9.17, 15) is 14.4 Å². The third-order valence-corrected chi connectivity index (χ3v) is 3.89. The smallest absolute Gasteiger partial charge is 0.355 e. The lowest BCUT2D eigenvalue weighted by Crippen LogP contribution is -2.35. The molecule has 1 heterocycles. The largest absolute Gasteiger partial charge is 0.451 e. The maximum atomic E-state index is 11.9. The number of aromatic nitrogens is 1. The van der Waals surface area contributed by atoms with Crippen molar-refractivity contribution in [3.8, 4) is 0 Å². The van der Waals surface area contributed by atoms with Gasteiger partial charge in [0, 0.05) is 23.4 Å². The summed E-state index contributed by atoms with van der Waals surface area (Å²) in [5, 5.41) is 5.11. The van der Waals surface area contributed by atoms with Crippen LogP contribution in [0.25, 0.3) is 0 Å². The van der Waals surface area contributed by atoms with E-state index in [0.29, 0.717) is 11.4 Å². The average Bonchev–Trinajstić information content (AvgIpc) is 2.99. The van der Waals surface area contributed by atoms with Gasteiger partial charge in [0.15, 0.2) is 6.61 Å². The molecule has 1 aromatic carbocycles. The molecule has 0 aliphatic rings. The molecule has 25 heavy (non-hydrogen) atoms. The van der Waals surface area contributed by atoms with Crippen LogP contribution in [0.2, 0.25) is 0 Å². The lowest BCUT2D eigenvalue weighted by molar-refractivity contribution is -0.126. The molecule has 0 aliphatic heterocycles. The summed E-state index contributed by atoms with van der Waals surface area (Å²) >= 11 is 3.35. The van der Waals surface area contributed by atoms with Gasteiger partial charge in [0.25, 0.3) is 5.91 Å². The Bertz CT molecular complexity index is 801. The fourth-order valence-electron chi connectivity index (χ4n) is 2.07. The first-order valence-electron chi connectivity index (χ1n) is 7.48. The molecule has 0 fully saturated rings. The van der Waals surface area contributed by atoms with E-state index in [4.69, 9.17) is 4.74 Å². The molecule has 2 rings (SSSR count). The molecule has 0 unspecified atom stereocenters. The topological polar surface area (TPSA) is 89.4 Å². The van der Waals surface area contributed by atoms with Crippen LogP contribution < -0.4 is 10.6 Å². The van der Waals surface area contributed by atoms with Gasteiger partial charge in [0.1, 0.15) is 5.69 Å². The zero-order valence-electron chi connectivity index (χ0n) is 13.8. The van der Waals surface area contributed by atoms with E-state index in [1.807, 2.05) is 19.1 Å². The minimum absolute atomic E-state index is 0.212. The van der Waals surface area contributed by atoms with E-state index in [1.165, 1.54) is 0 Å². The van der Waals surface area contributed by atoms with E-state index in [1.54, 1.807) is 36.0 Å². The maximum Gasteiger partial charge on any atom is 0.355 e. The van der Waals surface area contributed by atoms with Crippen LogP contribution in [0.4, 0.5) is 5.69 Å². The highest BCUT2D eigenvalue weighted by Gasteiger charge is 2.13. The first-order chi connectivity index (χ1) is 11.9. The van der Waals surface area contributed by atoms with Crippen molar-refractivity contribution in [1.82, 2.24) is 9.88 Å². The number of carbonyl (C=O) groups is 3. The monoisotopic (exact) mass is 407 g/mol. The molecule has 0 radical (unpaired) electrons. The second-order valence-corrected chi connectivity index (χ2v) is 6.28. The molecule has 0 saturated heterocycles. The van der Waals surface area contributed by atoms with Crippen LogP contribution in [0.15, 0.2) is 41.0 Å². The first kappa shape index (κ1) is 18.7. The SMILES string of the molecule is Cc1cc(Br)ccc1NC(=O)CNC(=O)COC(=O)c1cccn1C. The summed E-state index contributed by atoms with van der Waals surface area (Å²) in [6, 6.07) is 8.74. The van der Waals surface area contributed by atoms with Crippen molar-refractivity contribution in [2.24, 2.45) is 7.05 Å². The number of esters is 1. The van der Waals surface area contributed by atoms with Crippen molar-refractivity contribution in [3.63, 3.8) is 0 Å². The van der Waals surface area contributed by atoms with Gasteiger partial charge >= 0.3 is 5.97 Å². The maximum absolute atomic E-state index is 11.9. The number of benzene rings is 1. The second-order valence-electron chi connectivity index (χ2n) is 5.36. The Morgan fingerprint density at radius 2 is 1.96 bits per heavy atom. The summed E-state index contributed by atoms with van der Waals surface area (Å²) in [5.74, 6) is -1.52. The molecule has 2 amide bonds. The highest BCUT2D eigenvalue weighted by atomic mass is 79.9. The number of aryl methyl sites for hydroxylation is 2. The van der Waals surface area contributed by atoms with Crippen LogP contribution in [0.1, 0.15) is 16.1 Å². The minimum atomic E-state index is -0.599. The zero-order valence-corrected chi connectivity index (χ0v) is 15.4. The lowest BCUT2D eigenvalue weighted by atomic mass is 10.2. The number of anilines is 1. The number of nitrogens with one attached hydrogen (secondary N) is 2. The third-order valence-electron chi connectivity index (χ3n) is 3.40. The molecule has 7 nitrogen and oxygen atoms in total. The predicted octanol–water partition coefficient (Wildman–Crippen LogP) is 2.01. The summed E-state index contributed by atoms with van der Waals surface area (Å²) in [4.78, 5) is 35.3. The Kier molecular flexibility index (Phi) is 6.35. The highest BCUT2D eigenvalue weighted by molar-refractivity contribution is 9.10. The van der Waals surface area contributed by atoms with E-state index in [2.05, 4.69) is 26.6 Å². The number of hydrogen-bond donors (Lipinski definition) is 2. The summed E-state index contributed by atoms with van der Waals surface area (Å²) in [6.45, 7) is 1.20. The van der Waals surface area contributed by atoms with Crippen molar-refractivity contribution >= 4 is 39.4 Å². The fraction of sp³-hybridized carbons (Fsp3) is 0.235. The van der Waals surface area contributed by atoms with Crippen molar-refractivity contribution < 1.29 is 19.1 Å². The molecular formula is C17H18BrN3O4. The van der Waals surface area contributed by atoms with Gasteiger partial charge in [-0.05, 0) is 42.8 Å². The van der Waals surface area contributed by atoms with Crippen LogP contribution in [0, 0.1) is 6.92 Å². The first-order valence-corrected chi connectivity index (χ1v) is 8.27. The van der Waals surface area contributed by atoms with Gasteiger partial charge in [0.2, 0.25) is 5.91 Å². The molecule has 0 aliphatic carbocycles. The number of ether oxygens (including phenoxy) is 1. The van der Waals surface area contributed by atoms with Gasteiger partial charge in [-0.15, -0.1) is 0 Å². The van der Waals surface area contributed by atoms with Crippen LogP contribution in [-0.4, -0.2) is 35.5 Å². The second kappa shape index (κ2) is 8.48. The molecular weight excluding hydrogens is 390 g/mol. The van der Waals surface area contributed by atoms with Crippen molar-refractivity contribution in [2.45, 2.75) is 6.92 Å². The predicted molar refractivity (Wildman–Crippen MR) is 96.2 cm³/mol. The highest BCUT2D eigenvalue weighted by Crippen LogP contribution is 2.19. The van der Waals surface area contributed by atoms with Gasteiger partial charge in [0.05, 0.1) is 6.54 Å². The van der Waals surface area contributed by atoms with Crippen LogP contribution in [0.3, 0.4) is 0 Å². The number of amides is 2. The molecule has 2 aromatic rings. The molecule has 8 heteroatoms. The van der Waals surface area contributed by atoms with Gasteiger partial charge in [-0.2, -0.15) is 0 Å². The number of nitrogens with zero attached hydrogens (tertiary/aromatic N) is 1. The molecule has 0 saturated carbocycles. The molecule has 0 bridgehead atoms. The van der Waals surface area contributed by atoms with Gasteiger partial charge in [-0.3, -0.25) is 9.59 Å². The average molecular weight is 408 g/mol. The summed E-state index contributed by atoms with van der Waals surface area (Å²) in [7, 11) is 1.70. The normalized spacial score (nSPS) is 10.2. The van der Waals surface area contributed by atoms with E-state index >= 15 is 0 Å². The van der Waals surface area contributed by atoms with Gasteiger partial charge in [-0.25, -0.2) is 4.79 Å². The Balaban J connectivity index is 1.75. The standard InChI is InChI=1S/C17H18BrN3O4/c1-11-8-12(18)5-6-13(11)20-15(22)9-19-16(23)10-25-17(24)14-4-3-7-21(14)2/h3-8H,9-10H2,1-2H3,(H,19,23)(H,20,22). The molecule has 132 valence electrons. The summed E-state index contributed by atoms with van der Waals surface area (Å²) in [5.41, 5.74) is 1.90. The van der Waals surface area contributed by atoms with E-state index in [-0.39, 0.29) is 12.5 Å². The van der Waals surface area contributed by atoms with Crippen LogP contribution in [-0.2, 0) is 21.4 Å². The van der Waals surface area contributed by atoms with Crippen LogP contribution >= 0.6 is 15.9 Å². The number of hydrogen-bond acceptors (Lipinski definition) is 4. The quantitative estimate of drug-likeness (QED) is 0.716. The summed E-state index contributed by atoms with van der Waals surface area (Å²) < 4.78 is 7.41. The van der Waals surface area contributed by atoms with E-state index < -0.39 is 18.5 Å². The number of halogens is 1. The van der Waals surface area contributed by atoms with Gasteiger partial charge in [-0.1, -0.05) is 15.9 Å². The Morgan fingerprint density at radius 3 is 2.60 bits per heavy atom. The number of rotatable bonds is 6. The van der Waals surface area contributed by atoms with Crippen molar-refractivity contribution in [2.75, 3.05) is 18.5 Å². The number of carbonyl (C=O) groups excluding carboxylic acids is 3. The Labute approximate surface area is 153 Å². The Morgan fingerprint density at radius 1 is 1.20 bits per heavy atom. The zero-order chi connectivity index (χ0) is 18.4. The van der Waals surface area contributed by atoms with E-state index in [0.717, 1.165) is 10.0 Å². The van der Waals surface area contributed by atoms with Crippen molar-refractivity contribution in [3.05, 3.63) is 52.3 Å². The van der Waals surface area contributed by atoms with Crippen LogP contribution in [0.5, 0.6) is 0 Å². The Hall–Kier alpha value is -2.61.